The van der Waals surface area contributed by atoms with E-state index in [0.717, 1.165) is 37.9 Å². The molecule has 0 unspecified atom stereocenters. The minimum absolute atomic E-state index is 0.625. The van der Waals surface area contributed by atoms with E-state index in [-0.39, 0.29) is 0 Å². The number of hydrogen-bond donors (Lipinski definition) is 0. The molecule has 4 heteroatoms. The van der Waals surface area contributed by atoms with Crippen molar-refractivity contribution in [1.29, 1.82) is 5.26 Å². The average molecular weight is 384 g/mol. The number of rotatable bonds is 2. The highest BCUT2D eigenvalue weighted by Crippen LogP contribution is 2.35. The van der Waals surface area contributed by atoms with Crippen LogP contribution in [-0.2, 0) is 0 Å². The van der Waals surface area contributed by atoms with Crippen molar-refractivity contribution in [1.82, 2.24) is 4.98 Å². The van der Waals surface area contributed by atoms with E-state index >= 15 is 0 Å². The smallest absolute Gasteiger partial charge is 0.135 e. The van der Waals surface area contributed by atoms with Gasteiger partial charge in [-0.25, -0.2) is 4.98 Å². The van der Waals surface area contributed by atoms with Gasteiger partial charge in [0.1, 0.15) is 11.1 Å². The molecular formula is C24H21N3S. The second-order valence-corrected chi connectivity index (χ2v) is 8.13. The van der Waals surface area contributed by atoms with Gasteiger partial charge < -0.3 is 4.90 Å². The Balaban J connectivity index is 1.79. The van der Waals surface area contributed by atoms with Crippen LogP contribution in [0.5, 0.6) is 0 Å². The van der Waals surface area contributed by atoms with Gasteiger partial charge in [-0.05, 0) is 80.8 Å². The number of allylic oxidation sites excluding steroid dienone is 6. The largest absolute Gasteiger partial charge is 0.318 e. The number of thiazole rings is 1. The van der Waals surface area contributed by atoms with Crippen LogP contribution in [0.3, 0.4) is 0 Å². The molecule has 138 valence electrons. The lowest BCUT2D eigenvalue weighted by atomic mass is 10.0. The number of fused-ring (bicyclic) bond motifs is 1. The Morgan fingerprint density at radius 1 is 0.964 bits per heavy atom. The van der Waals surface area contributed by atoms with Crippen LogP contribution in [-0.4, -0.2) is 4.98 Å². The van der Waals surface area contributed by atoms with Crippen molar-refractivity contribution in [3.63, 3.8) is 0 Å². The van der Waals surface area contributed by atoms with E-state index in [1.807, 2.05) is 24.3 Å². The van der Waals surface area contributed by atoms with Gasteiger partial charge in [-0.2, -0.15) is 5.26 Å². The van der Waals surface area contributed by atoms with E-state index in [2.05, 4.69) is 74.0 Å². The molecule has 0 atom stereocenters. The second-order valence-electron chi connectivity index (χ2n) is 7.10. The molecule has 4 rings (SSSR count). The first-order valence-corrected chi connectivity index (χ1v) is 10.0. The molecule has 0 radical (unpaired) electrons. The predicted octanol–water partition coefficient (Wildman–Crippen LogP) is 6.52. The zero-order valence-corrected chi connectivity index (χ0v) is 17.3. The zero-order valence-electron chi connectivity index (χ0n) is 16.4. The standard InChI is InChI=1S/C24H21N3S/c1-15-9-10-20(11-16(15)2)27-17(3)12-19(13-18(27)4)21(14-25)24-26-22-7-5-6-8-23(22)28-24/h5-13H,1-4H3. The van der Waals surface area contributed by atoms with Gasteiger partial charge in [-0.1, -0.05) is 18.2 Å². The molecule has 0 N–H and O–H groups in total. The van der Waals surface area contributed by atoms with Gasteiger partial charge in [0.05, 0.1) is 15.8 Å². The van der Waals surface area contributed by atoms with Crippen molar-refractivity contribution in [2.45, 2.75) is 27.7 Å². The summed E-state index contributed by atoms with van der Waals surface area (Å²) in [5, 5.41) is 10.6. The first-order valence-electron chi connectivity index (χ1n) is 9.22. The van der Waals surface area contributed by atoms with E-state index in [9.17, 15) is 5.26 Å². The molecule has 1 aliphatic heterocycles. The van der Waals surface area contributed by atoms with Gasteiger partial charge in [0, 0.05) is 17.1 Å². The van der Waals surface area contributed by atoms with Gasteiger partial charge in [0.25, 0.3) is 0 Å². The van der Waals surface area contributed by atoms with Gasteiger partial charge in [-0.15, -0.1) is 11.3 Å². The van der Waals surface area contributed by atoms with Crippen LogP contribution in [0, 0.1) is 25.2 Å². The first-order chi connectivity index (χ1) is 13.5. The monoisotopic (exact) mass is 383 g/mol. The maximum absolute atomic E-state index is 9.87. The first kappa shape index (κ1) is 18.2. The SMILES string of the molecule is CC1=CC(=C(C#N)c2nc3ccccc3s2)C=C(C)N1c1ccc(C)c(C)c1. The van der Waals surface area contributed by atoms with E-state index in [1.165, 1.54) is 11.1 Å². The fourth-order valence-electron chi connectivity index (χ4n) is 3.53. The van der Waals surface area contributed by atoms with Gasteiger partial charge in [-0.3, -0.25) is 0 Å². The number of benzene rings is 2. The van der Waals surface area contributed by atoms with Crippen molar-refractivity contribution >= 4 is 32.8 Å². The summed E-state index contributed by atoms with van der Waals surface area (Å²) in [6, 6.07) is 16.9. The fourth-order valence-corrected chi connectivity index (χ4v) is 4.51. The Bertz CT molecular complexity index is 1160. The fraction of sp³-hybridized carbons (Fsp3) is 0.167. The van der Waals surface area contributed by atoms with Crippen LogP contribution in [0.1, 0.15) is 30.0 Å². The summed E-state index contributed by atoms with van der Waals surface area (Å²) in [6.07, 6.45) is 4.15. The molecule has 2 heterocycles. The normalized spacial score (nSPS) is 14.0. The van der Waals surface area contributed by atoms with E-state index < -0.39 is 0 Å². The van der Waals surface area contributed by atoms with Crippen molar-refractivity contribution in [3.05, 3.63) is 87.7 Å². The molecule has 0 aliphatic carbocycles. The molecule has 2 aromatic carbocycles. The Hall–Kier alpha value is -3.16. The molecule has 1 aromatic heterocycles. The third-order valence-electron chi connectivity index (χ3n) is 5.09. The van der Waals surface area contributed by atoms with E-state index in [0.29, 0.717) is 5.57 Å². The number of nitrogens with zero attached hydrogens (tertiary/aromatic N) is 3. The molecule has 3 nitrogen and oxygen atoms in total. The van der Waals surface area contributed by atoms with Crippen molar-refractivity contribution < 1.29 is 0 Å². The summed E-state index contributed by atoms with van der Waals surface area (Å²) >= 11 is 1.56. The average Bonchev–Trinajstić information content (AvgIpc) is 3.08. The number of hydrogen-bond acceptors (Lipinski definition) is 4. The molecule has 1 aliphatic rings. The molecule has 0 bridgehead atoms. The number of aryl methyl sites for hydroxylation is 2. The Morgan fingerprint density at radius 3 is 2.32 bits per heavy atom. The molecule has 0 saturated carbocycles. The maximum atomic E-state index is 9.87. The van der Waals surface area contributed by atoms with E-state index in [4.69, 9.17) is 0 Å². The second kappa shape index (κ2) is 7.10. The Morgan fingerprint density at radius 2 is 1.68 bits per heavy atom. The molecule has 28 heavy (non-hydrogen) atoms. The van der Waals surface area contributed by atoms with Crippen LogP contribution in [0.25, 0.3) is 15.8 Å². The third-order valence-corrected chi connectivity index (χ3v) is 6.15. The van der Waals surface area contributed by atoms with Gasteiger partial charge >= 0.3 is 0 Å². The number of nitriles is 1. The third kappa shape index (κ3) is 3.15. The Kier molecular flexibility index (Phi) is 4.62. The summed E-state index contributed by atoms with van der Waals surface area (Å²) in [7, 11) is 0. The summed E-state index contributed by atoms with van der Waals surface area (Å²) < 4.78 is 1.10. The minimum atomic E-state index is 0.625. The lowest BCUT2D eigenvalue weighted by Crippen LogP contribution is -2.21. The summed E-state index contributed by atoms with van der Waals surface area (Å²) in [4.78, 5) is 6.90. The lowest BCUT2D eigenvalue weighted by Gasteiger charge is -2.30. The number of para-hydroxylation sites is 1. The topological polar surface area (TPSA) is 39.9 Å². The summed E-state index contributed by atoms with van der Waals surface area (Å²) in [5.41, 5.74) is 8.35. The molecule has 0 saturated heterocycles. The number of anilines is 1. The van der Waals surface area contributed by atoms with Crippen LogP contribution < -0.4 is 4.90 Å². The van der Waals surface area contributed by atoms with Crippen LogP contribution in [0.4, 0.5) is 5.69 Å². The molecule has 3 aromatic rings. The summed E-state index contributed by atoms with van der Waals surface area (Å²) in [6.45, 7) is 8.42. The highest BCUT2D eigenvalue weighted by Gasteiger charge is 2.20. The van der Waals surface area contributed by atoms with Crippen LogP contribution >= 0.6 is 11.3 Å². The van der Waals surface area contributed by atoms with Crippen molar-refractivity contribution in [3.8, 4) is 6.07 Å². The van der Waals surface area contributed by atoms with Crippen molar-refractivity contribution in [2.75, 3.05) is 4.90 Å². The predicted molar refractivity (Wildman–Crippen MR) is 118 cm³/mol. The number of aromatic nitrogens is 1. The zero-order chi connectivity index (χ0) is 19.8. The quantitative estimate of drug-likeness (QED) is 0.473. The minimum Gasteiger partial charge on any atom is -0.318 e. The molecule has 0 amide bonds. The van der Waals surface area contributed by atoms with Gasteiger partial charge in [0.2, 0.25) is 0 Å². The van der Waals surface area contributed by atoms with E-state index in [1.54, 1.807) is 11.3 Å². The maximum Gasteiger partial charge on any atom is 0.135 e. The Labute approximate surface area is 169 Å². The molecule has 0 fully saturated rings. The van der Waals surface area contributed by atoms with Gasteiger partial charge in [0.15, 0.2) is 0 Å². The lowest BCUT2D eigenvalue weighted by molar-refractivity contribution is 1.04. The van der Waals surface area contributed by atoms with Crippen LogP contribution in [0.2, 0.25) is 0 Å². The van der Waals surface area contributed by atoms with Crippen LogP contribution in [0.15, 0.2) is 71.6 Å². The summed E-state index contributed by atoms with van der Waals surface area (Å²) in [5.74, 6) is 0. The molecular weight excluding hydrogens is 362 g/mol. The highest BCUT2D eigenvalue weighted by molar-refractivity contribution is 7.19. The van der Waals surface area contributed by atoms with Crippen molar-refractivity contribution in [2.24, 2.45) is 0 Å². The highest BCUT2D eigenvalue weighted by atomic mass is 32.1. The molecule has 0 spiro atoms.